The summed E-state index contributed by atoms with van der Waals surface area (Å²) >= 11 is 0. The molecule has 0 unspecified atom stereocenters. The molecule has 1 saturated carbocycles. The number of rotatable bonds is 10. The van der Waals surface area contributed by atoms with Crippen molar-refractivity contribution in [3.05, 3.63) is 35.4 Å². The van der Waals surface area contributed by atoms with Crippen LogP contribution in [0.15, 0.2) is 24.3 Å². The molecule has 2 heteroatoms. The van der Waals surface area contributed by atoms with Gasteiger partial charge in [-0.15, -0.1) is 0 Å². The minimum absolute atomic E-state index is 0.115. The summed E-state index contributed by atoms with van der Waals surface area (Å²) in [6.07, 6.45) is 12.8. The van der Waals surface area contributed by atoms with Crippen molar-refractivity contribution in [1.29, 1.82) is 0 Å². The van der Waals surface area contributed by atoms with Crippen LogP contribution in [-0.2, 0) is 11.2 Å². The zero-order chi connectivity index (χ0) is 16.5. The van der Waals surface area contributed by atoms with E-state index in [2.05, 4.69) is 31.2 Å². The molecule has 2 nitrogen and oxygen atoms in total. The van der Waals surface area contributed by atoms with Crippen LogP contribution in [0.5, 0.6) is 0 Å². The van der Waals surface area contributed by atoms with Gasteiger partial charge in [-0.05, 0) is 49.1 Å². The van der Waals surface area contributed by atoms with Gasteiger partial charge in [-0.3, -0.25) is 0 Å². The summed E-state index contributed by atoms with van der Waals surface area (Å²) in [5, 5.41) is 0. The first-order valence-electron chi connectivity index (χ1n) is 9.53. The fourth-order valence-electron chi connectivity index (χ4n) is 3.93. The van der Waals surface area contributed by atoms with Gasteiger partial charge in [0.2, 0.25) is 0 Å². The van der Waals surface area contributed by atoms with Crippen LogP contribution in [0, 0.1) is 0 Å². The highest BCUT2D eigenvalue weighted by Crippen LogP contribution is 2.39. The Bertz CT molecular complexity index is 442. The summed E-state index contributed by atoms with van der Waals surface area (Å²) in [5.74, 6) is 0.609. The normalized spacial score (nSPS) is 24.2. The quantitative estimate of drug-likeness (QED) is 0.602. The third-order valence-electron chi connectivity index (χ3n) is 5.35. The molecule has 1 aliphatic rings. The van der Waals surface area contributed by atoms with Gasteiger partial charge in [-0.2, -0.15) is 0 Å². The maximum Gasteiger partial charge on any atom is 0.0642 e. The Balaban J connectivity index is 1.74. The third kappa shape index (κ3) is 5.93. The molecule has 0 radical (unpaired) electrons. The van der Waals surface area contributed by atoms with Crippen LogP contribution in [0.4, 0.5) is 0 Å². The van der Waals surface area contributed by atoms with Gasteiger partial charge in [0.05, 0.1) is 6.61 Å². The first kappa shape index (κ1) is 18.5. The van der Waals surface area contributed by atoms with Gasteiger partial charge >= 0.3 is 0 Å². The summed E-state index contributed by atoms with van der Waals surface area (Å²) in [5.41, 5.74) is 9.25. The van der Waals surface area contributed by atoms with Gasteiger partial charge in [0, 0.05) is 12.6 Å². The van der Waals surface area contributed by atoms with Crippen LogP contribution in [-0.4, -0.2) is 19.3 Å². The highest BCUT2D eigenvalue weighted by Gasteiger charge is 2.36. The molecule has 1 aliphatic carbocycles. The lowest BCUT2D eigenvalue weighted by atomic mass is 9.92. The van der Waals surface area contributed by atoms with E-state index >= 15 is 0 Å². The summed E-state index contributed by atoms with van der Waals surface area (Å²) in [7, 11) is 1.75. The second kappa shape index (κ2) is 9.44. The number of aryl methyl sites for hydroxylation is 1. The van der Waals surface area contributed by atoms with E-state index in [9.17, 15) is 0 Å². The molecule has 130 valence electrons. The van der Waals surface area contributed by atoms with E-state index in [1.165, 1.54) is 62.5 Å². The van der Waals surface area contributed by atoms with E-state index in [-0.39, 0.29) is 5.54 Å². The van der Waals surface area contributed by atoms with Crippen molar-refractivity contribution in [2.45, 2.75) is 82.6 Å². The maximum absolute atomic E-state index is 6.42. The molecule has 0 amide bonds. The zero-order valence-corrected chi connectivity index (χ0v) is 15.2. The molecule has 1 aromatic rings. The first-order chi connectivity index (χ1) is 11.2. The highest BCUT2D eigenvalue weighted by atomic mass is 16.5. The van der Waals surface area contributed by atoms with Crippen LogP contribution in [0.2, 0.25) is 0 Å². The molecule has 0 aliphatic heterocycles. The molecular weight excluding hydrogens is 282 g/mol. The van der Waals surface area contributed by atoms with E-state index in [1.807, 2.05) is 0 Å². The Morgan fingerprint density at radius 3 is 2.48 bits per heavy atom. The molecule has 2 rings (SSSR count). The number of methoxy groups -OCH3 is 1. The van der Waals surface area contributed by atoms with Crippen molar-refractivity contribution in [2.75, 3.05) is 13.7 Å². The molecule has 0 saturated heterocycles. The lowest BCUT2D eigenvalue weighted by molar-refractivity contribution is 0.134. The Kier molecular flexibility index (Phi) is 7.58. The summed E-state index contributed by atoms with van der Waals surface area (Å²) in [4.78, 5) is 0. The standard InChI is InChI=1S/C21H35NO/c1-3-4-5-6-7-8-9-18-10-12-19(13-11-18)20-14-15-21(22,16-20)17-23-2/h10-13,20H,3-9,14-17,22H2,1-2H3/t20-,21+/m1/s1. The van der Waals surface area contributed by atoms with Gasteiger partial charge in [0.15, 0.2) is 0 Å². The van der Waals surface area contributed by atoms with E-state index in [0.29, 0.717) is 12.5 Å². The van der Waals surface area contributed by atoms with Crippen molar-refractivity contribution < 1.29 is 4.74 Å². The van der Waals surface area contributed by atoms with Crippen molar-refractivity contribution in [2.24, 2.45) is 5.73 Å². The first-order valence-corrected chi connectivity index (χ1v) is 9.53. The van der Waals surface area contributed by atoms with Crippen LogP contribution in [0.25, 0.3) is 0 Å². The van der Waals surface area contributed by atoms with E-state index < -0.39 is 0 Å². The average Bonchev–Trinajstić information content (AvgIpc) is 2.94. The summed E-state index contributed by atoms with van der Waals surface area (Å²) < 4.78 is 5.29. The van der Waals surface area contributed by atoms with Crippen molar-refractivity contribution in [3.8, 4) is 0 Å². The van der Waals surface area contributed by atoms with Gasteiger partial charge in [-0.25, -0.2) is 0 Å². The summed E-state index contributed by atoms with van der Waals surface area (Å²) in [6, 6.07) is 9.31. The molecule has 0 spiro atoms. The van der Waals surface area contributed by atoms with Gasteiger partial charge < -0.3 is 10.5 Å². The highest BCUT2D eigenvalue weighted by molar-refractivity contribution is 5.27. The molecule has 0 aromatic heterocycles. The van der Waals surface area contributed by atoms with Crippen molar-refractivity contribution >= 4 is 0 Å². The largest absolute Gasteiger partial charge is 0.383 e. The van der Waals surface area contributed by atoms with E-state index in [4.69, 9.17) is 10.5 Å². The molecule has 0 heterocycles. The molecule has 23 heavy (non-hydrogen) atoms. The zero-order valence-electron chi connectivity index (χ0n) is 15.2. The minimum atomic E-state index is -0.115. The molecular formula is C21H35NO. The maximum atomic E-state index is 6.42. The Morgan fingerprint density at radius 1 is 1.09 bits per heavy atom. The number of unbranched alkanes of at least 4 members (excludes halogenated alkanes) is 5. The number of hydrogen-bond acceptors (Lipinski definition) is 2. The Labute approximate surface area is 142 Å². The molecule has 2 N–H and O–H groups in total. The van der Waals surface area contributed by atoms with Gasteiger partial charge in [0.25, 0.3) is 0 Å². The second-order valence-electron chi connectivity index (χ2n) is 7.49. The van der Waals surface area contributed by atoms with Crippen LogP contribution in [0.1, 0.15) is 81.8 Å². The fraction of sp³-hybridized carbons (Fsp3) is 0.714. The molecule has 2 atom stereocenters. The van der Waals surface area contributed by atoms with Gasteiger partial charge in [-0.1, -0.05) is 63.3 Å². The predicted molar refractivity (Wildman–Crippen MR) is 98.9 cm³/mol. The summed E-state index contributed by atoms with van der Waals surface area (Å²) in [6.45, 7) is 2.95. The van der Waals surface area contributed by atoms with E-state index in [1.54, 1.807) is 7.11 Å². The molecule has 0 bridgehead atoms. The van der Waals surface area contributed by atoms with Crippen molar-refractivity contribution in [3.63, 3.8) is 0 Å². The smallest absolute Gasteiger partial charge is 0.0642 e. The minimum Gasteiger partial charge on any atom is -0.383 e. The topological polar surface area (TPSA) is 35.2 Å². The Hall–Kier alpha value is -0.860. The lowest BCUT2D eigenvalue weighted by Gasteiger charge is -2.23. The number of benzene rings is 1. The lowest BCUT2D eigenvalue weighted by Crippen LogP contribution is -2.41. The number of hydrogen-bond donors (Lipinski definition) is 1. The van der Waals surface area contributed by atoms with Gasteiger partial charge in [0.1, 0.15) is 0 Å². The SMILES string of the molecule is CCCCCCCCc1ccc([C@@H]2CC[C@@](N)(COC)C2)cc1. The monoisotopic (exact) mass is 317 g/mol. The Morgan fingerprint density at radius 2 is 1.78 bits per heavy atom. The van der Waals surface area contributed by atoms with Crippen LogP contribution >= 0.6 is 0 Å². The third-order valence-corrected chi connectivity index (χ3v) is 5.35. The van der Waals surface area contributed by atoms with Crippen LogP contribution < -0.4 is 5.73 Å². The average molecular weight is 318 g/mol. The molecule has 1 fully saturated rings. The predicted octanol–water partition coefficient (Wildman–Crippen LogP) is 5.20. The molecule has 1 aromatic carbocycles. The second-order valence-corrected chi connectivity index (χ2v) is 7.49. The fourth-order valence-corrected chi connectivity index (χ4v) is 3.93. The number of nitrogens with two attached hydrogens (primary N) is 1. The van der Waals surface area contributed by atoms with Crippen molar-refractivity contribution in [1.82, 2.24) is 0 Å². The van der Waals surface area contributed by atoms with E-state index in [0.717, 1.165) is 12.8 Å². The number of ether oxygens (including phenoxy) is 1. The van der Waals surface area contributed by atoms with Crippen LogP contribution in [0.3, 0.4) is 0 Å².